The van der Waals surface area contributed by atoms with Crippen LogP contribution in [0.1, 0.15) is 176 Å². The average molecular weight is 1550 g/mol. The van der Waals surface area contributed by atoms with E-state index in [1.165, 1.54) is 0 Å². The summed E-state index contributed by atoms with van der Waals surface area (Å²) >= 11 is 7.12. The number of aliphatic hydroxyl groups excluding tert-OH is 1. The summed E-state index contributed by atoms with van der Waals surface area (Å²) in [6.07, 6.45) is 7.49. The second-order valence-electron chi connectivity index (χ2n) is 30.9. The Morgan fingerprint density at radius 2 is 1.46 bits per heavy atom. The van der Waals surface area contributed by atoms with E-state index in [1.807, 2.05) is 138 Å². The maximum Gasteiger partial charge on any atom is 0.328 e. The number of nitrogens with two attached hydrogens (primary N) is 2. The van der Waals surface area contributed by atoms with Gasteiger partial charge in [0.2, 0.25) is 35.5 Å². The maximum absolute atomic E-state index is 14.9. The molecule has 6 aromatic rings. The number of amides is 5. The third kappa shape index (κ3) is 21.0. The Balaban J connectivity index is 0.938. The van der Waals surface area contributed by atoms with Gasteiger partial charge in [0.1, 0.15) is 53.4 Å². The average Bonchev–Trinajstić information content (AvgIpc) is 1.24. The number of imidazole rings is 1. The van der Waals surface area contributed by atoms with Crippen LogP contribution in [0.25, 0.3) is 0 Å². The minimum Gasteiger partial charge on any atom is -0.511 e. The molecule has 25 nitrogen and oxygen atoms in total. The van der Waals surface area contributed by atoms with E-state index in [0.717, 1.165) is 28.7 Å². The molecule has 5 amide bonds. The van der Waals surface area contributed by atoms with Crippen LogP contribution in [-0.4, -0.2) is 138 Å². The number of sulfonamides is 1. The number of Topliss-reactive ketones (excluding diaryl/α,β-unsaturated/α-hetero) is 1. The molecule has 0 spiro atoms. The first-order valence-electron chi connectivity index (χ1n) is 38.0. The number of aliphatic hydroxyl groups is 1. The summed E-state index contributed by atoms with van der Waals surface area (Å²) < 4.78 is 44.7. The first-order chi connectivity index (χ1) is 52.3. The Morgan fingerprint density at radius 3 is 2.09 bits per heavy atom. The number of allylic oxidation sites excluding steroid dienone is 2. The summed E-state index contributed by atoms with van der Waals surface area (Å²) in [5.74, 6) is -4.62. The molecule has 590 valence electrons. The fraction of sp³-hybridized carbons (Fsp3) is 0.470. The van der Waals surface area contributed by atoms with Crippen LogP contribution < -0.4 is 52.8 Å². The van der Waals surface area contributed by atoms with Crippen molar-refractivity contribution in [2.45, 2.75) is 212 Å². The molecule has 1 aromatic heterocycles. The number of aliphatic imine (C=N–C) groups is 2. The van der Waals surface area contributed by atoms with E-state index < -0.39 is 105 Å². The molecule has 0 saturated carbocycles. The Bertz CT molecular complexity index is 4480. The zero-order valence-corrected chi connectivity index (χ0v) is 66.6. The quantitative estimate of drug-likeness (QED) is 0.00581. The van der Waals surface area contributed by atoms with E-state index in [4.69, 9.17) is 42.5 Å². The number of esters is 1. The lowest BCUT2D eigenvalue weighted by atomic mass is 9.75. The minimum absolute atomic E-state index is 0.0185. The van der Waals surface area contributed by atoms with Crippen LogP contribution in [0.5, 0.6) is 5.75 Å². The smallest absolute Gasteiger partial charge is 0.328 e. The molecule has 6 atom stereocenters. The van der Waals surface area contributed by atoms with Gasteiger partial charge in [-0.1, -0.05) is 151 Å². The number of halogens is 1. The van der Waals surface area contributed by atoms with Gasteiger partial charge in [-0.15, -0.1) is 0 Å². The summed E-state index contributed by atoms with van der Waals surface area (Å²) in [4.78, 5) is 114. The standard InChI is InChI=1S/C83H108ClN13O12S/c1-12-51(4)72(78(104)93-65(31-21-22-38-85)79(105)108-48-55-34-36-58(37-35-55)91-66(41-50(2)3)71-68(98)44-81(8,9)45-69(71)99)95-77(103)64(33-24-40-88-80(86)96-110(106,107)74-53(6)52(5)73-60(54(74)7)43-82(10,11)109-73)92-70(100)46-89-75(101)67(94-76(102)63-32-23-39-87-63)42-59-47-97(49-90-59)83(56-25-15-13-16-26-56,57-27-17-14-18-28-57)61-29-19-20-30-62(61)84/h13-20,25-30,34-37,47,49-51,63-65,67,72,87,98H,12,21-24,31-33,38-46,48,85H2,1-11H3,(H,89,101)(H,92,100)(H,93,104)(H,94,102)(H,95,103)(H3,86,88,96)/t51-,63-,64-,65-,67-,72-/m0/s1. The number of carbonyl (C=O) groups is 7. The van der Waals surface area contributed by atoms with Crippen molar-refractivity contribution in [2.24, 2.45) is 38.7 Å². The SMILES string of the molecule is CC[C@H](C)[C@H](NC(=O)[C@H](CCCN=C(N)NS(=O)(=O)c1c(C)c(C)c2c(c1C)CC(C)(C)O2)NC(=O)CNC(=O)[C@H](Cc1cn(C(c2ccccc2)(c2ccccc2)c2ccccc2Cl)cn1)NC(=O)[C@@H]1CCCN1)C(=O)N[C@@H](CCCCN)C(=O)OCc1ccc(N=C(CC(C)C)C2=C(O)CC(C)(C)CC2=O)cc1. The molecule has 0 unspecified atom stereocenters. The van der Waals surface area contributed by atoms with Gasteiger partial charge in [-0.2, -0.15) is 0 Å². The molecule has 5 aromatic carbocycles. The van der Waals surface area contributed by atoms with Gasteiger partial charge in [-0.3, -0.25) is 38.8 Å². The summed E-state index contributed by atoms with van der Waals surface area (Å²) in [5, 5.41) is 28.7. The molecular formula is C83H108ClN13O12S. The van der Waals surface area contributed by atoms with Gasteiger partial charge in [0.25, 0.3) is 10.0 Å². The highest BCUT2D eigenvalue weighted by atomic mass is 35.5. The van der Waals surface area contributed by atoms with E-state index in [2.05, 4.69) is 41.6 Å². The molecule has 2 aliphatic heterocycles. The molecule has 27 heteroatoms. The minimum atomic E-state index is -4.30. The summed E-state index contributed by atoms with van der Waals surface area (Å²) in [6.45, 7) is 20.4. The van der Waals surface area contributed by atoms with Gasteiger partial charge >= 0.3 is 5.97 Å². The highest BCUT2D eigenvalue weighted by Gasteiger charge is 2.43. The maximum atomic E-state index is 14.9. The van der Waals surface area contributed by atoms with Crippen LogP contribution >= 0.6 is 11.6 Å². The second kappa shape index (κ2) is 37.3. The monoisotopic (exact) mass is 1550 g/mol. The Morgan fingerprint density at radius 1 is 0.800 bits per heavy atom. The molecular weight excluding hydrogens is 1440 g/mol. The van der Waals surface area contributed by atoms with E-state index in [0.29, 0.717) is 108 Å². The molecule has 9 rings (SSSR count). The number of carbonyl (C=O) groups excluding carboxylic acids is 7. The van der Waals surface area contributed by atoms with Crippen LogP contribution in [0.4, 0.5) is 5.69 Å². The predicted molar refractivity (Wildman–Crippen MR) is 425 cm³/mol. The van der Waals surface area contributed by atoms with E-state index in [-0.39, 0.29) is 78.6 Å². The van der Waals surface area contributed by atoms with Gasteiger partial charge < -0.3 is 62.5 Å². The van der Waals surface area contributed by atoms with Gasteiger partial charge in [0, 0.05) is 54.6 Å². The van der Waals surface area contributed by atoms with Crippen molar-refractivity contribution in [3.05, 3.63) is 188 Å². The molecule has 110 heavy (non-hydrogen) atoms. The number of nitrogens with one attached hydrogen (secondary N) is 7. The molecule has 1 saturated heterocycles. The Kier molecular flexibility index (Phi) is 28.6. The first kappa shape index (κ1) is 84.3. The summed E-state index contributed by atoms with van der Waals surface area (Å²) in [7, 11) is -4.30. The van der Waals surface area contributed by atoms with E-state index >= 15 is 0 Å². The number of unbranched alkanes of at least 4 members (excludes halogenated alkanes) is 1. The number of aromatic nitrogens is 2. The largest absolute Gasteiger partial charge is 0.511 e. The van der Waals surface area contributed by atoms with Crippen molar-refractivity contribution in [3.8, 4) is 5.75 Å². The van der Waals surface area contributed by atoms with Crippen LogP contribution in [-0.2, 0) is 73.3 Å². The molecule has 1 fully saturated rings. The third-order valence-electron chi connectivity index (χ3n) is 20.6. The lowest BCUT2D eigenvalue weighted by molar-refractivity contribution is -0.149. The van der Waals surface area contributed by atoms with Crippen molar-refractivity contribution in [1.82, 2.24) is 46.2 Å². The van der Waals surface area contributed by atoms with Crippen molar-refractivity contribution in [1.29, 1.82) is 0 Å². The number of ether oxygens (including phenoxy) is 2. The number of benzene rings is 5. The highest BCUT2D eigenvalue weighted by molar-refractivity contribution is 7.90. The van der Waals surface area contributed by atoms with Crippen LogP contribution in [0.15, 0.2) is 148 Å². The summed E-state index contributed by atoms with van der Waals surface area (Å²) in [5.41, 5.74) is 17.4. The second-order valence-corrected chi connectivity index (χ2v) is 32.9. The van der Waals surface area contributed by atoms with Crippen molar-refractivity contribution in [2.75, 3.05) is 26.2 Å². The van der Waals surface area contributed by atoms with Crippen LogP contribution in [0.2, 0.25) is 5.02 Å². The van der Waals surface area contributed by atoms with E-state index in [1.54, 1.807) is 64.5 Å². The number of hydrogen-bond donors (Lipinski definition) is 10. The van der Waals surface area contributed by atoms with Gasteiger partial charge in [0.05, 0.1) is 46.5 Å². The number of fused-ring (bicyclic) bond motifs is 1. The van der Waals surface area contributed by atoms with Crippen molar-refractivity contribution in [3.63, 3.8) is 0 Å². The molecule has 0 bridgehead atoms. The number of nitrogens with zero attached hydrogens (tertiary/aromatic N) is 4. The first-order valence-corrected chi connectivity index (χ1v) is 39.9. The van der Waals surface area contributed by atoms with E-state index in [9.17, 15) is 47.1 Å². The Labute approximate surface area is 650 Å². The van der Waals surface area contributed by atoms with Crippen molar-refractivity contribution < 1.29 is 56.6 Å². The fourth-order valence-electron chi connectivity index (χ4n) is 14.7. The van der Waals surface area contributed by atoms with Crippen LogP contribution in [0.3, 0.4) is 0 Å². The summed E-state index contributed by atoms with van der Waals surface area (Å²) in [6, 6.07) is 28.3. The molecule has 3 aliphatic rings. The van der Waals surface area contributed by atoms with Crippen LogP contribution in [0, 0.1) is 38.0 Å². The fourth-order valence-corrected chi connectivity index (χ4v) is 16.5. The van der Waals surface area contributed by atoms with Crippen molar-refractivity contribution >= 4 is 80.3 Å². The predicted octanol–water partition coefficient (Wildman–Crippen LogP) is 9.68. The molecule has 0 radical (unpaired) electrons. The Hall–Kier alpha value is -9.76. The molecule has 1 aliphatic carbocycles. The lowest BCUT2D eigenvalue weighted by Gasteiger charge is -2.37. The zero-order chi connectivity index (χ0) is 79.8. The van der Waals surface area contributed by atoms with Gasteiger partial charge in [0.15, 0.2) is 5.78 Å². The highest BCUT2D eigenvalue weighted by Crippen LogP contribution is 2.46. The number of hydrogen-bond acceptors (Lipinski definition) is 17. The third-order valence-corrected chi connectivity index (χ3v) is 22.5. The van der Waals surface area contributed by atoms with Gasteiger partial charge in [-0.05, 0) is 168 Å². The number of ketones is 1. The normalized spacial score (nSPS) is 17.1. The molecule has 12 N–H and O–H groups in total. The zero-order valence-electron chi connectivity index (χ0n) is 65.0. The number of rotatable bonds is 35. The number of guanidine groups is 1. The molecule has 3 heterocycles. The van der Waals surface area contributed by atoms with Gasteiger partial charge in [-0.25, -0.2) is 22.9 Å². The lowest BCUT2D eigenvalue weighted by Crippen LogP contribution is -2.58. The topological polar surface area (TPSA) is 371 Å².